The van der Waals surface area contributed by atoms with Crippen molar-refractivity contribution in [2.24, 2.45) is 0 Å². The van der Waals surface area contributed by atoms with Crippen LogP contribution in [0.4, 0.5) is 0 Å². The van der Waals surface area contributed by atoms with Crippen molar-refractivity contribution in [3.8, 4) is 0 Å². The minimum atomic E-state index is 0.364. The van der Waals surface area contributed by atoms with Gasteiger partial charge in [0.15, 0.2) is 0 Å². The van der Waals surface area contributed by atoms with Crippen molar-refractivity contribution in [2.45, 2.75) is 46.1 Å². The van der Waals surface area contributed by atoms with E-state index in [9.17, 15) is 0 Å². The number of aromatic nitrogens is 3. The Labute approximate surface area is 73.8 Å². The van der Waals surface area contributed by atoms with Gasteiger partial charge in [-0.2, -0.15) is 15.0 Å². The Morgan fingerprint density at radius 3 is 2.50 bits per heavy atom. The Morgan fingerprint density at radius 1 is 1.42 bits per heavy atom. The van der Waals surface area contributed by atoms with Crippen LogP contribution in [0.3, 0.4) is 0 Å². The van der Waals surface area contributed by atoms with Gasteiger partial charge < -0.3 is 0 Å². The van der Waals surface area contributed by atoms with E-state index in [4.69, 9.17) is 0 Å². The standard InChI is InChI=1S/C9H17N3/c1-5-8(4)9-6-10-12(11-9)7(2)3/h6-8H,5H2,1-4H3. The molecule has 0 amide bonds. The largest absolute Gasteiger partial charge is 0.182 e. The molecule has 3 heteroatoms. The van der Waals surface area contributed by atoms with Crippen LogP contribution in [-0.4, -0.2) is 15.0 Å². The normalized spacial score (nSPS) is 13.8. The average Bonchev–Trinajstić information content (AvgIpc) is 2.51. The van der Waals surface area contributed by atoms with Gasteiger partial charge in [0.25, 0.3) is 0 Å². The van der Waals surface area contributed by atoms with Crippen LogP contribution in [0.2, 0.25) is 0 Å². The molecule has 1 aromatic heterocycles. The van der Waals surface area contributed by atoms with Crippen LogP contribution >= 0.6 is 0 Å². The van der Waals surface area contributed by atoms with E-state index in [-0.39, 0.29) is 0 Å². The molecule has 1 unspecified atom stereocenters. The monoisotopic (exact) mass is 167 g/mol. The van der Waals surface area contributed by atoms with Crippen LogP contribution < -0.4 is 0 Å². The van der Waals surface area contributed by atoms with Gasteiger partial charge in [-0.3, -0.25) is 0 Å². The topological polar surface area (TPSA) is 30.7 Å². The molecule has 0 fully saturated rings. The summed E-state index contributed by atoms with van der Waals surface area (Å²) < 4.78 is 0. The summed E-state index contributed by atoms with van der Waals surface area (Å²) in [7, 11) is 0. The van der Waals surface area contributed by atoms with E-state index in [1.165, 1.54) is 0 Å². The SMILES string of the molecule is CCC(C)c1cnn(C(C)C)n1. The van der Waals surface area contributed by atoms with Gasteiger partial charge in [-0.1, -0.05) is 13.8 Å². The highest BCUT2D eigenvalue weighted by atomic mass is 15.5. The van der Waals surface area contributed by atoms with Gasteiger partial charge in [0.1, 0.15) is 0 Å². The van der Waals surface area contributed by atoms with Crippen molar-refractivity contribution in [1.29, 1.82) is 0 Å². The summed E-state index contributed by atoms with van der Waals surface area (Å²) in [5.74, 6) is 0.525. The Hall–Kier alpha value is -0.860. The molecular weight excluding hydrogens is 150 g/mol. The molecule has 0 saturated heterocycles. The Bertz CT molecular complexity index is 240. The van der Waals surface area contributed by atoms with Crippen LogP contribution in [0.1, 0.15) is 51.8 Å². The number of hydrogen-bond acceptors (Lipinski definition) is 2. The highest BCUT2D eigenvalue weighted by Crippen LogP contribution is 2.15. The van der Waals surface area contributed by atoms with Crippen molar-refractivity contribution >= 4 is 0 Å². The second-order valence-corrected chi connectivity index (χ2v) is 3.49. The first-order valence-electron chi connectivity index (χ1n) is 4.56. The van der Waals surface area contributed by atoms with Crippen molar-refractivity contribution < 1.29 is 0 Å². The predicted octanol–water partition coefficient (Wildman–Crippen LogP) is 2.37. The van der Waals surface area contributed by atoms with Crippen LogP contribution in [0.15, 0.2) is 6.20 Å². The third kappa shape index (κ3) is 1.84. The summed E-state index contributed by atoms with van der Waals surface area (Å²) in [4.78, 5) is 1.77. The van der Waals surface area contributed by atoms with Gasteiger partial charge in [0.2, 0.25) is 0 Å². The Balaban J connectivity index is 2.77. The molecule has 0 bridgehead atoms. The average molecular weight is 167 g/mol. The van der Waals surface area contributed by atoms with Gasteiger partial charge in [-0.25, -0.2) is 0 Å². The molecule has 68 valence electrons. The lowest BCUT2D eigenvalue weighted by Crippen LogP contribution is -2.05. The van der Waals surface area contributed by atoms with E-state index in [0.717, 1.165) is 12.1 Å². The van der Waals surface area contributed by atoms with Crippen molar-refractivity contribution in [3.05, 3.63) is 11.9 Å². The number of nitrogens with zero attached hydrogens (tertiary/aromatic N) is 3. The molecule has 0 aromatic carbocycles. The lowest BCUT2D eigenvalue weighted by Gasteiger charge is -2.04. The second kappa shape index (κ2) is 3.70. The van der Waals surface area contributed by atoms with Crippen LogP contribution in [-0.2, 0) is 0 Å². The van der Waals surface area contributed by atoms with Gasteiger partial charge in [0, 0.05) is 5.92 Å². The van der Waals surface area contributed by atoms with E-state index >= 15 is 0 Å². The summed E-state index contributed by atoms with van der Waals surface area (Å²) >= 11 is 0. The van der Waals surface area contributed by atoms with E-state index < -0.39 is 0 Å². The minimum absolute atomic E-state index is 0.364. The Kier molecular flexibility index (Phi) is 2.84. The molecular formula is C9H17N3. The summed E-state index contributed by atoms with van der Waals surface area (Å²) in [6, 6.07) is 0.364. The van der Waals surface area contributed by atoms with Crippen molar-refractivity contribution in [3.63, 3.8) is 0 Å². The van der Waals surface area contributed by atoms with Crippen LogP contribution in [0.25, 0.3) is 0 Å². The fraction of sp³-hybridized carbons (Fsp3) is 0.778. The highest BCUT2D eigenvalue weighted by Gasteiger charge is 2.08. The molecule has 0 spiro atoms. The van der Waals surface area contributed by atoms with Gasteiger partial charge in [-0.15, -0.1) is 0 Å². The molecule has 12 heavy (non-hydrogen) atoms. The molecule has 3 nitrogen and oxygen atoms in total. The molecule has 0 aliphatic rings. The molecule has 0 radical (unpaired) electrons. The van der Waals surface area contributed by atoms with Crippen LogP contribution in [0.5, 0.6) is 0 Å². The predicted molar refractivity (Wildman–Crippen MR) is 49.1 cm³/mol. The molecule has 0 N–H and O–H groups in total. The fourth-order valence-corrected chi connectivity index (χ4v) is 0.972. The first kappa shape index (κ1) is 9.23. The molecule has 0 saturated carbocycles. The quantitative estimate of drug-likeness (QED) is 0.692. The van der Waals surface area contributed by atoms with Gasteiger partial charge in [-0.05, 0) is 20.3 Å². The zero-order valence-electron chi connectivity index (χ0n) is 8.28. The van der Waals surface area contributed by atoms with Crippen molar-refractivity contribution in [2.75, 3.05) is 0 Å². The molecule has 0 aliphatic carbocycles. The third-order valence-electron chi connectivity index (χ3n) is 2.11. The Morgan fingerprint density at radius 2 is 2.08 bits per heavy atom. The van der Waals surface area contributed by atoms with Gasteiger partial charge in [0.05, 0.1) is 17.9 Å². The van der Waals surface area contributed by atoms with E-state index in [1.807, 2.05) is 6.20 Å². The van der Waals surface area contributed by atoms with Gasteiger partial charge >= 0.3 is 0 Å². The molecule has 1 rings (SSSR count). The summed E-state index contributed by atoms with van der Waals surface area (Å²) in [5, 5.41) is 8.58. The minimum Gasteiger partial charge on any atom is -0.182 e. The molecule has 1 atom stereocenters. The smallest absolute Gasteiger partial charge is 0.0855 e. The molecule has 1 aromatic rings. The summed E-state index contributed by atoms with van der Waals surface area (Å²) in [6.07, 6.45) is 2.99. The van der Waals surface area contributed by atoms with Crippen molar-refractivity contribution in [1.82, 2.24) is 15.0 Å². The molecule has 0 aliphatic heterocycles. The molecule has 1 heterocycles. The summed E-state index contributed by atoms with van der Waals surface area (Å²) in [6.45, 7) is 8.51. The number of hydrogen-bond donors (Lipinski definition) is 0. The lowest BCUT2D eigenvalue weighted by molar-refractivity contribution is 0.459. The van der Waals surface area contributed by atoms with E-state index in [2.05, 4.69) is 37.9 Å². The van der Waals surface area contributed by atoms with E-state index in [0.29, 0.717) is 12.0 Å². The van der Waals surface area contributed by atoms with Crippen LogP contribution in [0, 0.1) is 0 Å². The third-order valence-corrected chi connectivity index (χ3v) is 2.11. The maximum Gasteiger partial charge on any atom is 0.0855 e. The first-order valence-corrected chi connectivity index (χ1v) is 4.56. The number of rotatable bonds is 3. The first-order chi connectivity index (χ1) is 5.65. The lowest BCUT2D eigenvalue weighted by atomic mass is 10.1. The summed E-state index contributed by atoms with van der Waals surface area (Å²) in [5.41, 5.74) is 1.10. The maximum atomic E-state index is 4.39. The zero-order valence-corrected chi connectivity index (χ0v) is 8.28. The second-order valence-electron chi connectivity index (χ2n) is 3.49. The maximum absolute atomic E-state index is 4.39. The van der Waals surface area contributed by atoms with E-state index in [1.54, 1.807) is 4.80 Å². The highest BCUT2D eigenvalue weighted by molar-refractivity contribution is 4.98. The fourth-order valence-electron chi connectivity index (χ4n) is 0.972. The zero-order chi connectivity index (χ0) is 9.14.